The molecular formula is C22H26N2O5S. The predicted molar refractivity (Wildman–Crippen MR) is 114 cm³/mol. The van der Waals surface area contributed by atoms with E-state index >= 15 is 0 Å². The van der Waals surface area contributed by atoms with Crippen LogP contribution in [-0.2, 0) is 19.6 Å². The summed E-state index contributed by atoms with van der Waals surface area (Å²) >= 11 is 0. The molecule has 1 unspecified atom stereocenters. The molecule has 2 rings (SSSR count). The lowest BCUT2D eigenvalue weighted by atomic mass is 10.0. The van der Waals surface area contributed by atoms with Crippen LogP contribution in [0.15, 0.2) is 72.1 Å². The Morgan fingerprint density at radius 2 is 1.77 bits per heavy atom. The minimum Gasteiger partial charge on any atom is -0.452 e. The Balaban J connectivity index is 1.93. The Morgan fingerprint density at radius 1 is 1.10 bits per heavy atom. The molecule has 2 N–H and O–H groups in total. The SMILES string of the molecule is C=CCNS(=O)(=O)c1ccc(C(=O)OCC(=O)NC(CCC)c2ccccc2)cc1. The van der Waals surface area contributed by atoms with Crippen LogP contribution < -0.4 is 10.0 Å². The van der Waals surface area contributed by atoms with Gasteiger partial charge in [0.05, 0.1) is 16.5 Å². The lowest BCUT2D eigenvalue weighted by Gasteiger charge is -2.18. The maximum absolute atomic E-state index is 12.2. The average molecular weight is 431 g/mol. The summed E-state index contributed by atoms with van der Waals surface area (Å²) in [6.45, 7) is 5.16. The van der Waals surface area contributed by atoms with E-state index in [-0.39, 0.29) is 23.0 Å². The number of sulfonamides is 1. The minimum absolute atomic E-state index is 0.0175. The highest BCUT2D eigenvalue weighted by Crippen LogP contribution is 2.18. The molecule has 7 nitrogen and oxygen atoms in total. The van der Waals surface area contributed by atoms with Crippen LogP contribution in [0.5, 0.6) is 0 Å². The molecule has 0 aliphatic carbocycles. The van der Waals surface area contributed by atoms with Gasteiger partial charge in [0.15, 0.2) is 6.61 Å². The topological polar surface area (TPSA) is 102 Å². The van der Waals surface area contributed by atoms with Gasteiger partial charge in [-0.25, -0.2) is 17.9 Å². The van der Waals surface area contributed by atoms with Crippen molar-refractivity contribution in [2.75, 3.05) is 13.2 Å². The number of amides is 1. The van der Waals surface area contributed by atoms with Gasteiger partial charge in [0, 0.05) is 6.54 Å². The number of hydrogen-bond acceptors (Lipinski definition) is 5. The monoisotopic (exact) mass is 430 g/mol. The van der Waals surface area contributed by atoms with Crippen LogP contribution in [0.1, 0.15) is 41.7 Å². The standard InChI is InChI=1S/C22H26N2O5S/c1-3-8-20(17-9-6-5-7-10-17)24-21(25)16-29-22(26)18-11-13-19(14-12-18)30(27,28)23-15-4-2/h4-7,9-14,20,23H,2-3,8,15-16H2,1H3,(H,24,25). The minimum atomic E-state index is -3.67. The predicted octanol–water partition coefficient (Wildman–Crippen LogP) is 2.97. The second kappa shape index (κ2) is 11.3. The highest BCUT2D eigenvalue weighted by atomic mass is 32.2. The van der Waals surface area contributed by atoms with Crippen LogP contribution in [0.25, 0.3) is 0 Å². The molecule has 160 valence electrons. The van der Waals surface area contributed by atoms with Crippen molar-refractivity contribution < 1.29 is 22.7 Å². The first-order valence-corrected chi connectivity index (χ1v) is 11.1. The van der Waals surface area contributed by atoms with Gasteiger partial charge < -0.3 is 10.1 Å². The maximum atomic E-state index is 12.2. The molecule has 2 aromatic rings. The van der Waals surface area contributed by atoms with Gasteiger partial charge >= 0.3 is 5.97 Å². The van der Waals surface area contributed by atoms with E-state index < -0.39 is 28.5 Å². The fourth-order valence-corrected chi connectivity index (χ4v) is 3.77. The van der Waals surface area contributed by atoms with Crippen molar-refractivity contribution in [2.24, 2.45) is 0 Å². The number of carbonyl (C=O) groups excluding carboxylic acids is 2. The summed E-state index contributed by atoms with van der Waals surface area (Å²) in [4.78, 5) is 24.4. The highest BCUT2D eigenvalue weighted by Gasteiger charge is 2.17. The smallest absolute Gasteiger partial charge is 0.338 e. The van der Waals surface area contributed by atoms with Gasteiger partial charge in [-0.05, 0) is 36.2 Å². The summed E-state index contributed by atoms with van der Waals surface area (Å²) in [6.07, 6.45) is 3.08. The molecular weight excluding hydrogens is 404 g/mol. The number of carbonyl (C=O) groups is 2. The van der Waals surface area contributed by atoms with Gasteiger partial charge in [-0.15, -0.1) is 6.58 Å². The van der Waals surface area contributed by atoms with Crippen molar-refractivity contribution in [3.05, 3.63) is 78.4 Å². The molecule has 2 aromatic carbocycles. The Hall–Kier alpha value is -2.97. The largest absolute Gasteiger partial charge is 0.452 e. The summed E-state index contributed by atoms with van der Waals surface area (Å²) in [5.74, 6) is -1.11. The molecule has 1 atom stereocenters. The van der Waals surface area contributed by atoms with E-state index in [1.54, 1.807) is 0 Å². The fraction of sp³-hybridized carbons (Fsp3) is 0.273. The van der Waals surface area contributed by atoms with Crippen molar-refractivity contribution >= 4 is 21.9 Å². The maximum Gasteiger partial charge on any atom is 0.338 e. The van der Waals surface area contributed by atoms with E-state index in [1.165, 1.54) is 30.3 Å². The molecule has 0 spiro atoms. The van der Waals surface area contributed by atoms with Crippen LogP contribution in [0, 0.1) is 0 Å². The lowest BCUT2D eigenvalue weighted by Crippen LogP contribution is -2.32. The van der Waals surface area contributed by atoms with Gasteiger partial charge in [0.25, 0.3) is 5.91 Å². The Kier molecular flexibility index (Phi) is 8.76. The van der Waals surface area contributed by atoms with Gasteiger partial charge in [-0.1, -0.05) is 49.8 Å². The van der Waals surface area contributed by atoms with Crippen LogP contribution in [-0.4, -0.2) is 33.4 Å². The second-order valence-corrected chi connectivity index (χ2v) is 8.33. The Morgan fingerprint density at radius 3 is 2.37 bits per heavy atom. The zero-order valence-electron chi connectivity index (χ0n) is 16.8. The number of hydrogen-bond donors (Lipinski definition) is 2. The van der Waals surface area contributed by atoms with E-state index in [1.807, 2.05) is 37.3 Å². The molecule has 0 fully saturated rings. The van der Waals surface area contributed by atoms with Crippen molar-refractivity contribution in [1.29, 1.82) is 0 Å². The Labute approximate surface area is 177 Å². The lowest BCUT2D eigenvalue weighted by molar-refractivity contribution is -0.125. The van der Waals surface area contributed by atoms with E-state index in [4.69, 9.17) is 4.74 Å². The van der Waals surface area contributed by atoms with Crippen molar-refractivity contribution in [3.8, 4) is 0 Å². The summed E-state index contributed by atoms with van der Waals surface area (Å²) in [5, 5.41) is 2.88. The summed E-state index contributed by atoms with van der Waals surface area (Å²) in [6, 6.07) is 14.7. The van der Waals surface area contributed by atoms with Crippen LogP contribution in [0.2, 0.25) is 0 Å². The normalized spacial score (nSPS) is 12.0. The number of ether oxygens (including phenoxy) is 1. The molecule has 0 heterocycles. The number of nitrogens with one attached hydrogen (secondary N) is 2. The third-order valence-electron chi connectivity index (χ3n) is 4.27. The summed E-state index contributed by atoms with van der Waals surface area (Å²) < 4.78 is 31.5. The Bertz CT molecular complexity index is 957. The third-order valence-corrected chi connectivity index (χ3v) is 5.71. The first kappa shape index (κ1) is 23.3. The molecule has 30 heavy (non-hydrogen) atoms. The first-order chi connectivity index (χ1) is 14.4. The molecule has 0 saturated heterocycles. The van der Waals surface area contributed by atoms with E-state index in [2.05, 4.69) is 16.6 Å². The number of esters is 1. The van der Waals surface area contributed by atoms with E-state index in [0.717, 1.165) is 18.4 Å². The number of benzene rings is 2. The third kappa shape index (κ3) is 6.82. The zero-order chi connectivity index (χ0) is 22.0. The van der Waals surface area contributed by atoms with Gasteiger partial charge in [-0.3, -0.25) is 4.79 Å². The van der Waals surface area contributed by atoms with E-state index in [0.29, 0.717) is 0 Å². The fourth-order valence-electron chi connectivity index (χ4n) is 2.77. The summed E-state index contributed by atoms with van der Waals surface area (Å²) in [7, 11) is -3.67. The van der Waals surface area contributed by atoms with Gasteiger partial charge in [0.2, 0.25) is 10.0 Å². The zero-order valence-corrected chi connectivity index (χ0v) is 17.7. The highest BCUT2D eigenvalue weighted by molar-refractivity contribution is 7.89. The summed E-state index contributed by atoms with van der Waals surface area (Å²) in [5.41, 5.74) is 1.14. The molecule has 0 aliphatic rings. The van der Waals surface area contributed by atoms with Crippen LogP contribution in [0.3, 0.4) is 0 Å². The molecule has 0 saturated carbocycles. The quantitative estimate of drug-likeness (QED) is 0.422. The van der Waals surface area contributed by atoms with Crippen molar-refractivity contribution in [2.45, 2.75) is 30.7 Å². The van der Waals surface area contributed by atoms with Crippen LogP contribution in [0.4, 0.5) is 0 Å². The van der Waals surface area contributed by atoms with Crippen molar-refractivity contribution in [3.63, 3.8) is 0 Å². The molecule has 0 radical (unpaired) electrons. The first-order valence-electron chi connectivity index (χ1n) is 9.59. The molecule has 0 aliphatic heterocycles. The average Bonchev–Trinajstić information content (AvgIpc) is 2.76. The van der Waals surface area contributed by atoms with Crippen molar-refractivity contribution in [1.82, 2.24) is 10.0 Å². The van der Waals surface area contributed by atoms with Crippen LogP contribution >= 0.6 is 0 Å². The molecule has 0 bridgehead atoms. The molecule has 8 heteroatoms. The van der Waals surface area contributed by atoms with Gasteiger partial charge in [0.1, 0.15) is 0 Å². The van der Waals surface area contributed by atoms with E-state index in [9.17, 15) is 18.0 Å². The molecule has 1 amide bonds. The second-order valence-electron chi connectivity index (χ2n) is 6.56. The number of rotatable bonds is 11. The van der Waals surface area contributed by atoms with Gasteiger partial charge in [-0.2, -0.15) is 0 Å². The molecule has 0 aromatic heterocycles.